The SMILES string of the molecule is NC(c1cc(Cl)c(Cl)cc1O)C1CCN(c2ccc(O)nc2)CC1. The zero-order chi connectivity index (χ0) is 17.3. The van der Waals surface area contributed by atoms with Crippen LogP contribution in [0.4, 0.5) is 5.69 Å². The highest BCUT2D eigenvalue weighted by Crippen LogP contribution is 2.38. The number of rotatable bonds is 3. The molecule has 0 aliphatic carbocycles. The summed E-state index contributed by atoms with van der Waals surface area (Å²) in [6, 6.07) is 6.24. The van der Waals surface area contributed by atoms with Crippen LogP contribution in [0, 0.1) is 5.92 Å². The second kappa shape index (κ2) is 7.05. The maximum absolute atomic E-state index is 10.1. The number of halogens is 2. The maximum Gasteiger partial charge on any atom is 0.210 e. The molecule has 0 bridgehead atoms. The monoisotopic (exact) mass is 367 g/mol. The van der Waals surface area contributed by atoms with Gasteiger partial charge in [0.05, 0.1) is 21.9 Å². The van der Waals surface area contributed by atoms with E-state index in [0.717, 1.165) is 31.6 Å². The van der Waals surface area contributed by atoms with Crippen LogP contribution in [0.1, 0.15) is 24.4 Å². The lowest BCUT2D eigenvalue weighted by Gasteiger charge is -2.36. The molecule has 1 atom stereocenters. The number of aromatic nitrogens is 1. The number of nitrogens with two attached hydrogens (primary N) is 1. The van der Waals surface area contributed by atoms with Gasteiger partial charge in [-0.05, 0) is 30.9 Å². The first kappa shape index (κ1) is 17.1. The number of phenols is 1. The molecule has 2 aromatic rings. The van der Waals surface area contributed by atoms with Gasteiger partial charge in [-0.25, -0.2) is 4.98 Å². The van der Waals surface area contributed by atoms with E-state index in [4.69, 9.17) is 28.9 Å². The van der Waals surface area contributed by atoms with Crippen LogP contribution >= 0.6 is 23.2 Å². The molecule has 1 fully saturated rings. The summed E-state index contributed by atoms with van der Waals surface area (Å²) in [6.45, 7) is 1.68. The minimum Gasteiger partial charge on any atom is -0.508 e. The third-order valence-electron chi connectivity index (χ3n) is 4.57. The number of pyridine rings is 1. The Labute approximate surface area is 150 Å². The molecule has 1 aliphatic rings. The van der Waals surface area contributed by atoms with E-state index in [-0.39, 0.29) is 23.6 Å². The van der Waals surface area contributed by atoms with Crippen molar-refractivity contribution in [3.63, 3.8) is 0 Å². The molecule has 7 heteroatoms. The lowest BCUT2D eigenvalue weighted by atomic mass is 9.85. The summed E-state index contributed by atoms with van der Waals surface area (Å²) < 4.78 is 0. The van der Waals surface area contributed by atoms with Crippen LogP contribution in [0.2, 0.25) is 10.0 Å². The second-order valence-corrected chi connectivity index (χ2v) is 6.86. The normalized spacial score (nSPS) is 17.0. The number of aromatic hydroxyl groups is 2. The van der Waals surface area contributed by atoms with Crippen LogP contribution in [-0.4, -0.2) is 28.3 Å². The fourth-order valence-corrected chi connectivity index (χ4v) is 3.48. The van der Waals surface area contributed by atoms with Crippen molar-refractivity contribution < 1.29 is 10.2 Å². The lowest BCUT2D eigenvalue weighted by Crippen LogP contribution is -2.37. The molecule has 0 amide bonds. The van der Waals surface area contributed by atoms with Gasteiger partial charge in [0.1, 0.15) is 5.75 Å². The van der Waals surface area contributed by atoms with Crippen molar-refractivity contribution in [1.82, 2.24) is 4.98 Å². The minimum absolute atomic E-state index is 0.0192. The van der Waals surface area contributed by atoms with Gasteiger partial charge in [-0.2, -0.15) is 0 Å². The molecular formula is C17H19Cl2N3O2. The van der Waals surface area contributed by atoms with Crippen molar-refractivity contribution in [3.8, 4) is 11.6 Å². The van der Waals surface area contributed by atoms with E-state index in [9.17, 15) is 10.2 Å². The molecular weight excluding hydrogens is 349 g/mol. The highest BCUT2D eigenvalue weighted by atomic mass is 35.5. The standard InChI is InChI=1S/C17H19Cl2N3O2/c18-13-7-12(15(23)8-14(13)19)17(20)10-3-5-22(6-4-10)11-1-2-16(24)21-9-11/h1-2,7-10,17,23H,3-6,20H2,(H,21,24). The fraction of sp³-hybridized carbons (Fsp3) is 0.353. The maximum atomic E-state index is 10.1. The largest absolute Gasteiger partial charge is 0.508 e. The molecule has 1 saturated heterocycles. The van der Waals surface area contributed by atoms with Crippen molar-refractivity contribution in [2.45, 2.75) is 18.9 Å². The summed E-state index contributed by atoms with van der Waals surface area (Å²) in [7, 11) is 0. The zero-order valence-corrected chi connectivity index (χ0v) is 14.5. The molecule has 1 unspecified atom stereocenters. The Morgan fingerprint density at radius 1 is 1.12 bits per heavy atom. The van der Waals surface area contributed by atoms with Crippen molar-refractivity contribution in [1.29, 1.82) is 0 Å². The van der Waals surface area contributed by atoms with E-state index in [1.54, 1.807) is 18.3 Å². The Balaban J connectivity index is 1.68. The van der Waals surface area contributed by atoms with Gasteiger partial charge in [-0.3, -0.25) is 0 Å². The molecule has 0 saturated carbocycles. The molecule has 128 valence electrons. The highest BCUT2D eigenvalue weighted by molar-refractivity contribution is 6.42. The Hall–Kier alpha value is -1.69. The summed E-state index contributed by atoms with van der Waals surface area (Å²) >= 11 is 12.0. The van der Waals surface area contributed by atoms with Gasteiger partial charge >= 0.3 is 0 Å². The fourth-order valence-electron chi connectivity index (χ4n) is 3.15. The van der Waals surface area contributed by atoms with Crippen LogP contribution in [0.3, 0.4) is 0 Å². The Kier molecular flexibility index (Phi) is 5.04. The van der Waals surface area contributed by atoms with Crippen LogP contribution < -0.4 is 10.6 Å². The third kappa shape index (κ3) is 3.53. The molecule has 1 aromatic heterocycles. The Morgan fingerprint density at radius 3 is 2.42 bits per heavy atom. The Morgan fingerprint density at radius 2 is 1.79 bits per heavy atom. The first-order valence-corrected chi connectivity index (χ1v) is 8.54. The summed E-state index contributed by atoms with van der Waals surface area (Å²) in [5.41, 5.74) is 7.98. The molecule has 0 radical (unpaired) electrons. The first-order valence-electron chi connectivity index (χ1n) is 7.79. The van der Waals surface area contributed by atoms with E-state index in [1.807, 2.05) is 6.07 Å². The van der Waals surface area contributed by atoms with Crippen LogP contribution in [0.5, 0.6) is 11.6 Å². The second-order valence-electron chi connectivity index (χ2n) is 6.05. The van der Waals surface area contributed by atoms with Crippen molar-refractivity contribution >= 4 is 28.9 Å². The number of anilines is 1. The van der Waals surface area contributed by atoms with E-state index >= 15 is 0 Å². The topological polar surface area (TPSA) is 82.6 Å². The van der Waals surface area contributed by atoms with E-state index < -0.39 is 0 Å². The number of piperidine rings is 1. The van der Waals surface area contributed by atoms with Crippen LogP contribution in [-0.2, 0) is 0 Å². The van der Waals surface area contributed by atoms with Crippen molar-refractivity contribution in [2.24, 2.45) is 11.7 Å². The van der Waals surface area contributed by atoms with E-state index in [1.165, 1.54) is 6.07 Å². The number of hydrogen-bond donors (Lipinski definition) is 3. The summed E-state index contributed by atoms with van der Waals surface area (Å²) in [6.07, 6.45) is 3.45. The van der Waals surface area contributed by atoms with Gasteiger partial charge in [0.25, 0.3) is 0 Å². The Bertz CT molecular complexity index is 717. The third-order valence-corrected chi connectivity index (χ3v) is 5.30. The minimum atomic E-state index is -0.292. The summed E-state index contributed by atoms with van der Waals surface area (Å²) in [5, 5.41) is 20.1. The number of benzene rings is 1. The predicted octanol–water partition coefficient (Wildman–Crippen LogP) is 3.72. The molecule has 4 N–H and O–H groups in total. The molecule has 5 nitrogen and oxygen atoms in total. The number of nitrogens with zero attached hydrogens (tertiary/aromatic N) is 2. The number of phenolic OH excluding ortho intramolecular Hbond substituents is 1. The first-order chi connectivity index (χ1) is 11.5. The summed E-state index contributed by atoms with van der Waals surface area (Å²) in [4.78, 5) is 6.13. The van der Waals surface area contributed by atoms with Gasteiger partial charge in [0.2, 0.25) is 5.88 Å². The number of hydrogen-bond acceptors (Lipinski definition) is 5. The molecule has 3 rings (SSSR count). The molecule has 1 aromatic carbocycles. The quantitative estimate of drug-likeness (QED) is 0.769. The molecule has 0 spiro atoms. The van der Waals surface area contributed by atoms with Gasteiger partial charge in [0, 0.05) is 36.8 Å². The van der Waals surface area contributed by atoms with Crippen LogP contribution in [0.15, 0.2) is 30.5 Å². The van der Waals surface area contributed by atoms with Crippen LogP contribution in [0.25, 0.3) is 0 Å². The summed E-state index contributed by atoms with van der Waals surface area (Å²) in [5.74, 6) is 0.349. The van der Waals surface area contributed by atoms with Gasteiger partial charge < -0.3 is 20.8 Å². The average molecular weight is 368 g/mol. The van der Waals surface area contributed by atoms with Crippen molar-refractivity contribution in [3.05, 3.63) is 46.1 Å². The zero-order valence-electron chi connectivity index (χ0n) is 13.0. The molecule has 24 heavy (non-hydrogen) atoms. The van der Waals surface area contributed by atoms with Crippen molar-refractivity contribution in [2.75, 3.05) is 18.0 Å². The van der Waals surface area contributed by atoms with E-state index in [0.29, 0.717) is 15.6 Å². The smallest absolute Gasteiger partial charge is 0.210 e. The van der Waals surface area contributed by atoms with Gasteiger partial charge in [-0.15, -0.1) is 0 Å². The van der Waals surface area contributed by atoms with E-state index in [2.05, 4.69) is 9.88 Å². The predicted molar refractivity (Wildman–Crippen MR) is 95.9 cm³/mol. The average Bonchev–Trinajstić information content (AvgIpc) is 2.58. The van der Waals surface area contributed by atoms with Gasteiger partial charge in [-0.1, -0.05) is 23.2 Å². The van der Waals surface area contributed by atoms with Gasteiger partial charge in [0.15, 0.2) is 0 Å². The highest BCUT2D eigenvalue weighted by Gasteiger charge is 2.27. The lowest BCUT2D eigenvalue weighted by molar-refractivity contribution is 0.336. The molecule has 1 aliphatic heterocycles. The molecule has 2 heterocycles.